The van der Waals surface area contributed by atoms with E-state index < -0.39 is 23.2 Å². The van der Waals surface area contributed by atoms with Gasteiger partial charge in [0, 0.05) is 5.56 Å². The third-order valence-electron chi connectivity index (χ3n) is 2.46. The van der Waals surface area contributed by atoms with Crippen LogP contribution in [0.2, 0.25) is 0 Å². The number of carbonyl (C=O) groups excluding carboxylic acids is 1. The maximum Gasteiger partial charge on any atom is 0.328 e. The summed E-state index contributed by atoms with van der Waals surface area (Å²) in [4.78, 5) is 21.9. The molecule has 0 fully saturated rings. The minimum absolute atomic E-state index is 0.0475. The van der Waals surface area contributed by atoms with Crippen LogP contribution in [-0.4, -0.2) is 23.5 Å². The summed E-state index contributed by atoms with van der Waals surface area (Å²) in [5.74, 6) is -2.66. The van der Waals surface area contributed by atoms with E-state index in [9.17, 15) is 14.0 Å². The van der Waals surface area contributed by atoms with Crippen LogP contribution in [0.15, 0.2) is 24.3 Å². The number of hydrogen-bond donors (Lipinski definition) is 3. The Kier molecular flexibility index (Phi) is 3.80. The molecule has 0 aliphatic carbocycles. The van der Waals surface area contributed by atoms with Crippen LogP contribution in [0.4, 0.5) is 4.39 Å². The number of amides is 1. The lowest BCUT2D eigenvalue weighted by atomic mass is 9.91. The van der Waals surface area contributed by atoms with Crippen LogP contribution in [-0.2, 0) is 15.1 Å². The van der Waals surface area contributed by atoms with E-state index in [2.05, 4.69) is 5.32 Å². The zero-order valence-corrected chi connectivity index (χ0v) is 9.24. The Hall–Kier alpha value is -1.95. The molecule has 1 atom stereocenters. The van der Waals surface area contributed by atoms with Crippen LogP contribution < -0.4 is 11.1 Å². The van der Waals surface area contributed by atoms with Crippen molar-refractivity contribution in [1.82, 2.24) is 5.32 Å². The number of halogens is 1. The molecule has 92 valence electrons. The summed E-state index contributed by atoms with van der Waals surface area (Å²) in [6, 6.07) is 5.47. The normalized spacial score (nSPS) is 14.0. The fourth-order valence-corrected chi connectivity index (χ4v) is 1.42. The maximum atomic E-state index is 13.6. The molecule has 0 aromatic heterocycles. The van der Waals surface area contributed by atoms with E-state index in [-0.39, 0.29) is 12.1 Å². The van der Waals surface area contributed by atoms with Gasteiger partial charge >= 0.3 is 5.97 Å². The molecule has 1 aromatic rings. The summed E-state index contributed by atoms with van der Waals surface area (Å²) >= 11 is 0. The molecule has 1 aromatic carbocycles. The molecule has 0 radical (unpaired) electrons. The van der Waals surface area contributed by atoms with Gasteiger partial charge in [0.15, 0.2) is 0 Å². The first kappa shape index (κ1) is 13.1. The summed E-state index contributed by atoms with van der Waals surface area (Å²) in [6.45, 7) is 0.924. The number of carboxylic acid groups (broad SMARTS) is 1. The lowest BCUT2D eigenvalue weighted by Crippen LogP contribution is -2.50. The molecule has 0 bridgehead atoms. The van der Waals surface area contributed by atoms with Crippen LogP contribution in [0.3, 0.4) is 0 Å². The van der Waals surface area contributed by atoms with Gasteiger partial charge in [-0.25, -0.2) is 9.18 Å². The van der Waals surface area contributed by atoms with E-state index >= 15 is 0 Å². The van der Waals surface area contributed by atoms with Gasteiger partial charge in [-0.05, 0) is 13.0 Å². The summed E-state index contributed by atoms with van der Waals surface area (Å²) in [7, 11) is 0. The molecule has 4 N–H and O–H groups in total. The first-order valence-electron chi connectivity index (χ1n) is 4.89. The quantitative estimate of drug-likeness (QED) is 0.685. The highest BCUT2D eigenvalue weighted by atomic mass is 19.1. The second-order valence-electron chi connectivity index (χ2n) is 3.73. The van der Waals surface area contributed by atoms with Crippen molar-refractivity contribution in [3.63, 3.8) is 0 Å². The third-order valence-corrected chi connectivity index (χ3v) is 2.46. The molecule has 0 saturated carbocycles. The monoisotopic (exact) mass is 240 g/mol. The molecule has 0 heterocycles. The lowest BCUT2D eigenvalue weighted by molar-refractivity contribution is -0.144. The van der Waals surface area contributed by atoms with Crippen molar-refractivity contribution < 1.29 is 19.1 Å². The van der Waals surface area contributed by atoms with Crippen LogP contribution in [0.5, 0.6) is 0 Å². The fourth-order valence-electron chi connectivity index (χ4n) is 1.42. The number of carbonyl (C=O) groups is 2. The maximum absolute atomic E-state index is 13.6. The Morgan fingerprint density at radius 1 is 1.47 bits per heavy atom. The number of aliphatic carboxylic acids is 1. The standard InChI is InChI=1S/C11H13FN2O3/c1-11(10(16)17,14-6-9(13)15)7-4-2-3-5-8(7)12/h2-5,14H,6H2,1H3,(H2,13,15)(H,16,17). The molecule has 0 saturated heterocycles. The summed E-state index contributed by atoms with van der Waals surface area (Å²) in [5, 5.41) is 11.6. The van der Waals surface area contributed by atoms with E-state index in [1.165, 1.54) is 25.1 Å². The molecule has 1 amide bonds. The van der Waals surface area contributed by atoms with E-state index in [1.54, 1.807) is 0 Å². The zero-order valence-electron chi connectivity index (χ0n) is 9.24. The van der Waals surface area contributed by atoms with E-state index in [1.807, 2.05) is 0 Å². The van der Waals surface area contributed by atoms with E-state index in [0.717, 1.165) is 6.07 Å². The van der Waals surface area contributed by atoms with Crippen LogP contribution in [0, 0.1) is 5.82 Å². The molecule has 1 unspecified atom stereocenters. The highest BCUT2D eigenvalue weighted by molar-refractivity contribution is 5.82. The van der Waals surface area contributed by atoms with Crippen LogP contribution in [0.1, 0.15) is 12.5 Å². The fraction of sp³-hybridized carbons (Fsp3) is 0.273. The molecular formula is C11H13FN2O3. The smallest absolute Gasteiger partial charge is 0.328 e. The largest absolute Gasteiger partial charge is 0.480 e. The zero-order chi connectivity index (χ0) is 13.1. The number of primary amides is 1. The number of carboxylic acids is 1. The summed E-state index contributed by atoms with van der Waals surface area (Å²) in [5.41, 5.74) is 3.19. The Morgan fingerprint density at radius 2 is 2.06 bits per heavy atom. The average molecular weight is 240 g/mol. The molecule has 17 heavy (non-hydrogen) atoms. The Labute approximate surface area is 97.4 Å². The minimum atomic E-state index is -1.69. The highest BCUT2D eigenvalue weighted by Crippen LogP contribution is 2.23. The molecule has 5 nitrogen and oxygen atoms in total. The van der Waals surface area contributed by atoms with Gasteiger partial charge in [0.1, 0.15) is 11.4 Å². The van der Waals surface area contributed by atoms with Crippen molar-refractivity contribution in [2.75, 3.05) is 6.54 Å². The summed E-state index contributed by atoms with van der Waals surface area (Å²) in [6.07, 6.45) is 0. The minimum Gasteiger partial charge on any atom is -0.480 e. The van der Waals surface area contributed by atoms with Gasteiger partial charge in [-0.2, -0.15) is 0 Å². The third kappa shape index (κ3) is 2.79. The van der Waals surface area contributed by atoms with E-state index in [4.69, 9.17) is 10.8 Å². The van der Waals surface area contributed by atoms with Gasteiger partial charge in [-0.3, -0.25) is 10.1 Å². The Morgan fingerprint density at radius 3 is 2.53 bits per heavy atom. The first-order valence-corrected chi connectivity index (χ1v) is 4.89. The number of nitrogens with two attached hydrogens (primary N) is 1. The van der Waals surface area contributed by atoms with Gasteiger partial charge in [-0.1, -0.05) is 18.2 Å². The molecule has 0 spiro atoms. The van der Waals surface area contributed by atoms with Gasteiger partial charge < -0.3 is 10.8 Å². The second-order valence-corrected chi connectivity index (χ2v) is 3.73. The number of rotatable bonds is 5. The highest BCUT2D eigenvalue weighted by Gasteiger charge is 2.37. The number of benzene rings is 1. The van der Waals surface area contributed by atoms with Gasteiger partial charge in [-0.15, -0.1) is 0 Å². The summed E-state index contributed by atoms with van der Waals surface area (Å²) < 4.78 is 13.6. The van der Waals surface area contributed by atoms with Crippen LogP contribution >= 0.6 is 0 Å². The number of hydrogen-bond acceptors (Lipinski definition) is 3. The predicted octanol–water partition coefficient (Wildman–Crippen LogP) is 0.200. The number of nitrogens with one attached hydrogen (secondary N) is 1. The van der Waals surface area contributed by atoms with Gasteiger partial charge in [0.05, 0.1) is 6.54 Å². The van der Waals surface area contributed by atoms with Crippen LogP contribution in [0.25, 0.3) is 0 Å². The van der Waals surface area contributed by atoms with Gasteiger partial charge in [0.25, 0.3) is 0 Å². The van der Waals surface area contributed by atoms with E-state index in [0.29, 0.717) is 0 Å². The average Bonchev–Trinajstić information content (AvgIpc) is 2.26. The van der Waals surface area contributed by atoms with Crippen molar-refractivity contribution in [3.8, 4) is 0 Å². The lowest BCUT2D eigenvalue weighted by Gasteiger charge is -2.26. The molecule has 0 aliphatic heterocycles. The predicted molar refractivity (Wildman–Crippen MR) is 58.6 cm³/mol. The van der Waals surface area contributed by atoms with Crippen molar-refractivity contribution in [2.24, 2.45) is 5.73 Å². The molecule has 1 rings (SSSR count). The second kappa shape index (κ2) is 4.92. The van der Waals surface area contributed by atoms with Crippen molar-refractivity contribution in [3.05, 3.63) is 35.6 Å². The SMILES string of the molecule is CC(NCC(N)=O)(C(=O)O)c1ccccc1F. The Bertz CT molecular complexity index is 450. The Balaban J connectivity index is 3.12. The first-order chi connectivity index (χ1) is 7.88. The molecule has 0 aliphatic rings. The topological polar surface area (TPSA) is 92.4 Å². The van der Waals surface area contributed by atoms with Crippen molar-refractivity contribution in [2.45, 2.75) is 12.5 Å². The van der Waals surface area contributed by atoms with Gasteiger partial charge in [0.2, 0.25) is 5.91 Å². The molecule has 6 heteroatoms. The molecular weight excluding hydrogens is 227 g/mol. The van der Waals surface area contributed by atoms with Crippen molar-refractivity contribution >= 4 is 11.9 Å². The van der Waals surface area contributed by atoms with Crippen molar-refractivity contribution in [1.29, 1.82) is 0 Å².